The Balaban J connectivity index is 1.38. The molecule has 156 valence electrons. The van der Waals surface area contributed by atoms with Gasteiger partial charge in [0.15, 0.2) is 11.5 Å². The zero-order chi connectivity index (χ0) is 21.8. The molecule has 0 aliphatic heterocycles. The van der Waals surface area contributed by atoms with E-state index in [0.717, 1.165) is 16.7 Å². The molecule has 2 aromatic heterocycles. The fourth-order valence-electron chi connectivity index (χ4n) is 3.01. The van der Waals surface area contributed by atoms with E-state index in [9.17, 15) is 9.59 Å². The molecule has 0 saturated carbocycles. The number of carbonyl (C=O) groups is 2. The van der Waals surface area contributed by atoms with Gasteiger partial charge in [-0.05, 0) is 61.5 Å². The maximum Gasteiger partial charge on any atom is 0.291 e. The molecule has 31 heavy (non-hydrogen) atoms. The molecule has 4 rings (SSSR count). The van der Waals surface area contributed by atoms with Crippen molar-refractivity contribution in [3.63, 3.8) is 0 Å². The number of hydrogen-bond donors (Lipinski definition) is 1. The van der Waals surface area contributed by atoms with Gasteiger partial charge < -0.3 is 19.2 Å². The molecule has 0 aliphatic rings. The number of ketones is 1. The smallest absolute Gasteiger partial charge is 0.291 e. The van der Waals surface area contributed by atoms with Crippen LogP contribution in [0.1, 0.15) is 33.6 Å². The van der Waals surface area contributed by atoms with Gasteiger partial charge in [-0.2, -0.15) is 0 Å². The van der Waals surface area contributed by atoms with Crippen molar-refractivity contribution in [2.75, 3.05) is 12.4 Å². The first-order valence-electron chi connectivity index (χ1n) is 9.59. The zero-order valence-electron chi connectivity index (χ0n) is 17.0. The third-order valence-corrected chi connectivity index (χ3v) is 4.68. The van der Waals surface area contributed by atoms with Crippen LogP contribution >= 0.6 is 0 Å². The standard InChI is InChI=1S/C24H20N2O5/c1-15(27)16-3-6-19(7-4-16)30-14-21-9-10-23(31-21)24(28)26-18-11-17-5-8-20(29-2)12-22(17)25-13-18/h3-13H,14H2,1-2H3,(H,26,28). The molecule has 0 aliphatic carbocycles. The van der Waals surface area contributed by atoms with Gasteiger partial charge >= 0.3 is 0 Å². The molecule has 0 unspecified atom stereocenters. The molecular formula is C24H20N2O5. The number of anilines is 1. The van der Waals surface area contributed by atoms with Crippen LogP contribution in [-0.4, -0.2) is 23.8 Å². The predicted molar refractivity (Wildman–Crippen MR) is 116 cm³/mol. The Morgan fingerprint density at radius 3 is 2.52 bits per heavy atom. The highest BCUT2D eigenvalue weighted by atomic mass is 16.5. The fraction of sp³-hybridized carbons (Fsp3) is 0.125. The molecular weight excluding hydrogens is 396 g/mol. The number of carbonyl (C=O) groups excluding carboxylic acids is 2. The predicted octanol–water partition coefficient (Wildman–Crippen LogP) is 4.87. The summed E-state index contributed by atoms with van der Waals surface area (Å²) in [6.45, 7) is 1.67. The van der Waals surface area contributed by atoms with Gasteiger partial charge in [-0.25, -0.2) is 0 Å². The highest BCUT2D eigenvalue weighted by Gasteiger charge is 2.13. The van der Waals surface area contributed by atoms with Gasteiger partial charge in [0.2, 0.25) is 0 Å². The number of fused-ring (bicyclic) bond motifs is 1. The van der Waals surface area contributed by atoms with E-state index >= 15 is 0 Å². The van der Waals surface area contributed by atoms with Crippen LogP contribution in [0.2, 0.25) is 0 Å². The molecule has 7 nitrogen and oxygen atoms in total. The Morgan fingerprint density at radius 1 is 1.00 bits per heavy atom. The summed E-state index contributed by atoms with van der Waals surface area (Å²) >= 11 is 0. The van der Waals surface area contributed by atoms with Gasteiger partial charge in [-0.1, -0.05) is 0 Å². The van der Waals surface area contributed by atoms with Crippen molar-refractivity contribution in [2.45, 2.75) is 13.5 Å². The molecule has 1 amide bonds. The number of ether oxygens (including phenoxy) is 2. The topological polar surface area (TPSA) is 90.7 Å². The number of Topliss-reactive ketones (excluding diaryl/α,β-unsaturated/α-hetero) is 1. The minimum Gasteiger partial charge on any atom is -0.497 e. The SMILES string of the molecule is COc1ccc2cc(NC(=O)c3ccc(COc4ccc(C(C)=O)cc4)o3)cnc2c1. The number of aromatic nitrogens is 1. The lowest BCUT2D eigenvalue weighted by Crippen LogP contribution is -2.11. The van der Waals surface area contributed by atoms with E-state index in [1.807, 2.05) is 24.3 Å². The van der Waals surface area contributed by atoms with Crippen molar-refractivity contribution in [3.05, 3.63) is 83.9 Å². The van der Waals surface area contributed by atoms with E-state index < -0.39 is 0 Å². The second-order valence-corrected chi connectivity index (χ2v) is 6.87. The van der Waals surface area contributed by atoms with E-state index in [0.29, 0.717) is 22.8 Å². The number of methoxy groups -OCH3 is 1. The van der Waals surface area contributed by atoms with Gasteiger partial charge in [0.1, 0.15) is 23.9 Å². The van der Waals surface area contributed by atoms with Crippen molar-refractivity contribution < 1.29 is 23.5 Å². The largest absolute Gasteiger partial charge is 0.497 e. The van der Waals surface area contributed by atoms with E-state index in [4.69, 9.17) is 13.9 Å². The average molecular weight is 416 g/mol. The first-order valence-corrected chi connectivity index (χ1v) is 9.59. The number of nitrogens with one attached hydrogen (secondary N) is 1. The minimum absolute atomic E-state index is 0.00502. The summed E-state index contributed by atoms with van der Waals surface area (Å²) < 4.78 is 16.4. The first-order chi connectivity index (χ1) is 15.0. The summed E-state index contributed by atoms with van der Waals surface area (Å²) in [6.07, 6.45) is 1.58. The Hall–Kier alpha value is -4.13. The molecule has 2 aromatic carbocycles. The van der Waals surface area contributed by atoms with E-state index in [1.54, 1.807) is 49.7 Å². The zero-order valence-corrected chi connectivity index (χ0v) is 17.0. The van der Waals surface area contributed by atoms with Crippen molar-refractivity contribution in [3.8, 4) is 11.5 Å². The van der Waals surface area contributed by atoms with Crippen LogP contribution in [-0.2, 0) is 6.61 Å². The Morgan fingerprint density at radius 2 is 1.77 bits per heavy atom. The van der Waals surface area contributed by atoms with Crippen molar-refractivity contribution in [1.82, 2.24) is 4.98 Å². The number of hydrogen-bond acceptors (Lipinski definition) is 6. The lowest BCUT2D eigenvalue weighted by atomic mass is 10.1. The quantitative estimate of drug-likeness (QED) is 0.432. The van der Waals surface area contributed by atoms with Crippen LogP contribution < -0.4 is 14.8 Å². The molecule has 1 N–H and O–H groups in total. The lowest BCUT2D eigenvalue weighted by molar-refractivity contribution is 0.0990. The second kappa shape index (κ2) is 8.71. The van der Waals surface area contributed by atoms with Crippen LogP contribution in [0.25, 0.3) is 10.9 Å². The monoisotopic (exact) mass is 416 g/mol. The molecule has 0 bridgehead atoms. The molecule has 0 spiro atoms. The third kappa shape index (κ3) is 4.72. The Bertz CT molecular complexity index is 1240. The van der Waals surface area contributed by atoms with Crippen LogP contribution in [0, 0.1) is 0 Å². The van der Waals surface area contributed by atoms with Crippen molar-refractivity contribution >= 4 is 28.3 Å². The van der Waals surface area contributed by atoms with Gasteiger partial charge in [-0.3, -0.25) is 14.6 Å². The summed E-state index contributed by atoms with van der Waals surface area (Å²) in [5.74, 6) is 1.61. The third-order valence-electron chi connectivity index (χ3n) is 4.68. The van der Waals surface area contributed by atoms with Crippen LogP contribution in [0.5, 0.6) is 11.5 Å². The molecule has 4 aromatic rings. The highest BCUT2D eigenvalue weighted by Crippen LogP contribution is 2.22. The number of rotatable bonds is 7. The normalized spacial score (nSPS) is 10.6. The summed E-state index contributed by atoms with van der Waals surface area (Å²) in [5.41, 5.74) is 1.94. The van der Waals surface area contributed by atoms with Gasteiger partial charge in [0, 0.05) is 17.0 Å². The first kappa shape index (κ1) is 20.2. The summed E-state index contributed by atoms with van der Waals surface area (Å²) in [6, 6.07) is 17.5. The number of nitrogens with zero attached hydrogens (tertiary/aromatic N) is 1. The van der Waals surface area contributed by atoms with Crippen molar-refractivity contribution in [1.29, 1.82) is 0 Å². The number of pyridine rings is 1. The summed E-state index contributed by atoms with van der Waals surface area (Å²) in [5, 5.41) is 3.66. The molecule has 7 heteroatoms. The highest BCUT2D eigenvalue weighted by molar-refractivity contribution is 6.03. The van der Waals surface area contributed by atoms with Crippen LogP contribution in [0.4, 0.5) is 5.69 Å². The van der Waals surface area contributed by atoms with E-state index in [1.165, 1.54) is 6.92 Å². The van der Waals surface area contributed by atoms with E-state index in [-0.39, 0.29) is 24.1 Å². The molecule has 0 atom stereocenters. The van der Waals surface area contributed by atoms with E-state index in [2.05, 4.69) is 10.3 Å². The lowest BCUT2D eigenvalue weighted by Gasteiger charge is -2.06. The number of benzene rings is 2. The molecule has 0 saturated heterocycles. The molecule has 2 heterocycles. The molecule has 0 fully saturated rings. The van der Waals surface area contributed by atoms with Gasteiger partial charge in [0.25, 0.3) is 5.91 Å². The maximum atomic E-state index is 12.5. The van der Waals surface area contributed by atoms with Crippen molar-refractivity contribution in [2.24, 2.45) is 0 Å². The number of furan rings is 1. The Labute approximate surface area is 178 Å². The molecule has 0 radical (unpaired) electrons. The summed E-state index contributed by atoms with van der Waals surface area (Å²) in [4.78, 5) is 28.2. The maximum absolute atomic E-state index is 12.5. The summed E-state index contributed by atoms with van der Waals surface area (Å²) in [7, 11) is 1.60. The second-order valence-electron chi connectivity index (χ2n) is 6.87. The minimum atomic E-state index is -0.383. The average Bonchev–Trinajstić information content (AvgIpc) is 3.27. The fourth-order valence-corrected chi connectivity index (χ4v) is 3.01. The van der Waals surface area contributed by atoms with Gasteiger partial charge in [-0.15, -0.1) is 0 Å². The van der Waals surface area contributed by atoms with Crippen LogP contribution in [0.15, 0.2) is 71.3 Å². The number of amides is 1. The Kier molecular flexibility index (Phi) is 5.66. The van der Waals surface area contributed by atoms with Gasteiger partial charge in [0.05, 0.1) is 24.5 Å². The van der Waals surface area contributed by atoms with Crippen LogP contribution in [0.3, 0.4) is 0 Å².